The van der Waals surface area contributed by atoms with Gasteiger partial charge in [0.2, 0.25) is 6.33 Å². The van der Waals surface area contributed by atoms with Gasteiger partial charge in [-0.2, -0.15) is 0 Å². The second-order valence-electron chi connectivity index (χ2n) is 3.70. The zero-order valence-electron chi connectivity index (χ0n) is 9.31. The molecule has 0 unspecified atom stereocenters. The number of hydrogen-bond acceptors (Lipinski definition) is 0. The highest BCUT2D eigenvalue weighted by Crippen LogP contribution is 2.06. The van der Waals surface area contributed by atoms with Gasteiger partial charge in [0.15, 0.2) is 0 Å². The van der Waals surface area contributed by atoms with Crippen molar-refractivity contribution in [1.82, 2.24) is 4.57 Å². The van der Waals surface area contributed by atoms with Crippen LogP contribution in [0.2, 0.25) is 0 Å². The molecule has 0 aliphatic carbocycles. The van der Waals surface area contributed by atoms with Crippen molar-refractivity contribution in [2.75, 3.05) is 0 Å². The Hall–Kier alpha value is -1.54. The molecule has 0 spiro atoms. The van der Waals surface area contributed by atoms with Gasteiger partial charge in [-0.1, -0.05) is 36.9 Å². The molecule has 0 bridgehead atoms. The second kappa shape index (κ2) is 5.52. The van der Waals surface area contributed by atoms with Gasteiger partial charge >= 0.3 is 0 Å². The lowest BCUT2D eigenvalue weighted by atomic mass is 10.1. The molecule has 1 aromatic carbocycles. The topological polar surface area (TPSA) is 8.81 Å². The van der Waals surface area contributed by atoms with Crippen molar-refractivity contribution < 1.29 is 17.0 Å². The largest absolute Gasteiger partial charge is 1.00 e. The van der Waals surface area contributed by atoms with Crippen molar-refractivity contribution in [3.63, 3.8) is 0 Å². The van der Waals surface area contributed by atoms with Gasteiger partial charge in [-0.25, -0.2) is 9.13 Å². The fourth-order valence-electron chi connectivity index (χ4n) is 1.57. The van der Waals surface area contributed by atoms with Crippen LogP contribution in [0.5, 0.6) is 0 Å². The number of rotatable bonds is 3. The normalized spacial score (nSPS) is 9.56. The minimum atomic E-state index is 0. The highest BCUT2D eigenvalue weighted by atomic mass is 35.5. The van der Waals surface area contributed by atoms with Gasteiger partial charge in [0.25, 0.3) is 0 Å². The summed E-state index contributed by atoms with van der Waals surface area (Å²) >= 11 is 0. The van der Waals surface area contributed by atoms with Crippen molar-refractivity contribution >= 4 is 6.08 Å². The molecule has 0 atom stereocenters. The monoisotopic (exact) mass is 234 g/mol. The maximum absolute atomic E-state index is 3.74. The number of aromatic nitrogens is 2. The Labute approximate surface area is 102 Å². The van der Waals surface area contributed by atoms with Crippen LogP contribution in [-0.4, -0.2) is 4.57 Å². The van der Waals surface area contributed by atoms with Crippen LogP contribution in [0.4, 0.5) is 0 Å². The van der Waals surface area contributed by atoms with Gasteiger partial charge in [-0.3, -0.25) is 0 Å². The lowest BCUT2D eigenvalue weighted by molar-refractivity contribution is -0.671. The molecule has 0 N–H and O–H groups in total. The van der Waals surface area contributed by atoms with Gasteiger partial charge in [0.1, 0.15) is 18.9 Å². The van der Waals surface area contributed by atoms with Crippen LogP contribution in [0, 0.1) is 0 Å². The lowest BCUT2D eigenvalue weighted by Gasteiger charge is -1.98. The van der Waals surface area contributed by atoms with E-state index in [1.807, 2.05) is 23.9 Å². The SMILES string of the molecule is C=Cc1ccc(Cn2cc[n+](C)c2)cc1.[Cl-]. The summed E-state index contributed by atoms with van der Waals surface area (Å²) in [5.41, 5.74) is 2.47. The molecule has 0 saturated heterocycles. The predicted octanol–water partition coefficient (Wildman–Crippen LogP) is -0.992. The van der Waals surface area contributed by atoms with Crippen LogP contribution in [0.25, 0.3) is 6.08 Å². The first-order valence-electron chi connectivity index (χ1n) is 5.00. The van der Waals surface area contributed by atoms with Crippen molar-refractivity contribution in [2.45, 2.75) is 6.54 Å². The third-order valence-electron chi connectivity index (χ3n) is 2.40. The van der Waals surface area contributed by atoms with Crippen LogP contribution >= 0.6 is 0 Å². The average Bonchev–Trinajstić information content (AvgIpc) is 2.65. The maximum Gasteiger partial charge on any atom is 0.243 e. The van der Waals surface area contributed by atoms with Gasteiger partial charge in [-0.15, -0.1) is 0 Å². The molecule has 1 aromatic heterocycles. The van der Waals surface area contributed by atoms with Crippen molar-refractivity contribution in [2.24, 2.45) is 7.05 Å². The molecular formula is C13H15ClN2. The van der Waals surface area contributed by atoms with E-state index in [0.717, 1.165) is 12.1 Å². The fraction of sp³-hybridized carbons (Fsp3) is 0.154. The number of benzene rings is 1. The summed E-state index contributed by atoms with van der Waals surface area (Å²) in [6.45, 7) is 4.65. The first kappa shape index (κ1) is 12.5. The smallest absolute Gasteiger partial charge is 0.243 e. The van der Waals surface area contributed by atoms with Crippen molar-refractivity contribution in [3.05, 3.63) is 60.7 Å². The third-order valence-corrected chi connectivity index (χ3v) is 2.40. The van der Waals surface area contributed by atoms with E-state index in [0.29, 0.717) is 0 Å². The summed E-state index contributed by atoms with van der Waals surface area (Å²) in [5.74, 6) is 0. The van der Waals surface area contributed by atoms with Gasteiger partial charge in [-0.05, 0) is 11.1 Å². The summed E-state index contributed by atoms with van der Waals surface area (Å²) in [6.07, 6.45) is 8.04. The minimum absolute atomic E-state index is 0. The molecule has 2 nitrogen and oxygen atoms in total. The molecule has 2 aromatic rings. The highest BCUT2D eigenvalue weighted by molar-refractivity contribution is 5.47. The molecule has 1 heterocycles. The molecule has 3 heteroatoms. The Bertz CT molecular complexity index is 457. The summed E-state index contributed by atoms with van der Waals surface area (Å²) in [4.78, 5) is 0. The summed E-state index contributed by atoms with van der Waals surface area (Å²) in [5, 5.41) is 0. The molecule has 2 rings (SSSR count). The Kier molecular flexibility index (Phi) is 4.32. The van der Waals surface area contributed by atoms with E-state index in [2.05, 4.69) is 47.9 Å². The van der Waals surface area contributed by atoms with E-state index in [1.165, 1.54) is 5.56 Å². The molecule has 0 fully saturated rings. The molecule has 16 heavy (non-hydrogen) atoms. The fourth-order valence-corrected chi connectivity index (χ4v) is 1.57. The molecule has 0 radical (unpaired) electrons. The first-order chi connectivity index (χ1) is 7.28. The molecule has 84 valence electrons. The molecule has 0 amide bonds. The number of hydrogen-bond donors (Lipinski definition) is 0. The molecule has 0 aliphatic rings. The van der Waals surface area contributed by atoms with E-state index in [9.17, 15) is 0 Å². The van der Waals surface area contributed by atoms with Crippen LogP contribution in [-0.2, 0) is 13.6 Å². The number of nitrogens with zero attached hydrogens (tertiary/aromatic N) is 2. The quantitative estimate of drug-likeness (QED) is 0.603. The van der Waals surface area contributed by atoms with Gasteiger partial charge in [0.05, 0.1) is 7.05 Å². The van der Waals surface area contributed by atoms with Gasteiger partial charge < -0.3 is 12.4 Å². The maximum atomic E-state index is 3.74. The van der Waals surface area contributed by atoms with E-state index >= 15 is 0 Å². The Morgan fingerprint density at radius 2 is 2.00 bits per heavy atom. The number of imidazole rings is 1. The van der Waals surface area contributed by atoms with Crippen molar-refractivity contribution in [1.29, 1.82) is 0 Å². The molecule has 0 saturated carbocycles. The zero-order valence-corrected chi connectivity index (χ0v) is 10.1. The van der Waals surface area contributed by atoms with E-state index in [4.69, 9.17) is 0 Å². The van der Waals surface area contributed by atoms with Crippen LogP contribution in [0.1, 0.15) is 11.1 Å². The minimum Gasteiger partial charge on any atom is -1.00 e. The average molecular weight is 235 g/mol. The van der Waals surface area contributed by atoms with Crippen molar-refractivity contribution in [3.8, 4) is 0 Å². The summed E-state index contributed by atoms with van der Waals surface area (Å²) < 4.78 is 4.20. The number of halogens is 1. The first-order valence-corrected chi connectivity index (χ1v) is 5.00. The number of aryl methyl sites for hydroxylation is 1. The van der Waals surface area contributed by atoms with Gasteiger partial charge in [0, 0.05) is 0 Å². The Morgan fingerprint density at radius 3 is 2.50 bits per heavy atom. The molecule has 0 aliphatic heterocycles. The molecular weight excluding hydrogens is 220 g/mol. The van der Waals surface area contributed by atoms with Crippen LogP contribution < -0.4 is 17.0 Å². The predicted molar refractivity (Wildman–Crippen MR) is 61.2 cm³/mol. The summed E-state index contributed by atoms with van der Waals surface area (Å²) in [6, 6.07) is 8.45. The zero-order chi connectivity index (χ0) is 10.7. The lowest BCUT2D eigenvalue weighted by Crippen LogP contribution is -3.00. The van der Waals surface area contributed by atoms with E-state index in [1.54, 1.807) is 0 Å². The Balaban J connectivity index is 0.00000128. The van der Waals surface area contributed by atoms with E-state index < -0.39 is 0 Å². The Morgan fingerprint density at radius 1 is 1.31 bits per heavy atom. The third kappa shape index (κ3) is 2.97. The highest BCUT2D eigenvalue weighted by Gasteiger charge is 2.00. The van der Waals surface area contributed by atoms with E-state index in [-0.39, 0.29) is 12.4 Å². The summed E-state index contributed by atoms with van der Waals surface area (Å²) in [7, 11) is 2.03. The van der Waals surface area contributed by atoms with Crippen LogP contribution in [0.3, 0.4) is 0 Å². The second-order valence-corrected chi connectivity index (χ2v) is 3.70. The standard InChI is InChI=1S/C13H15N2.ClH/c1-3-12-4-6-13(7-5-12)10-15-9-8-14(2)11-15;/h3-9,11H,1,10H2,2H3;1H/q+1;/p-1. The van der Waals surface area contributed by atoms with Crippen LogP contribution in [0.15, 0.2) is 49.6 Å².